The van der Waals surface area contributed by atoms with Crippen LogP contribution < -0.4 is 5.73 Å². The van der Waals surface area contributed by atoms with Crippen LogP contribution in [0.15, 0.2) is 35.1 Å². The van der Waals surface area contributed by atoms with Gasteiger partial charge in [-0.25, -0.2) is 4.98 Å². The van der Waals surface area contributed by atoms with E-state index in [1.807, 2.05) is 25.1 Å². The third kappa shape index (κ3) is 2.05. The predicted octanol–water partition coefficient (Wildman–Crippen LogP) is 1.80. The summed E-state index contributed by atoms with van der Waals surface area (Å²) < 4.78 is 5.34. The summed E-state index contributed by atoms with van der Waals surface area (Å²) in [7, 11) is 0. The lowest BCUT2D eigenvalue weighted by molar-refractivity contribution is 0.568. The van der Waals surface area contributed by atoms with Gasteiger partial charge in [-0.2, -0.15) is 0 Å². The molecule has 78 valence electrons. The molecule has 1 unspecified atom stereocenters. The maximum atomic E-state index is 5.55. The summed E-state index contributed by atoms with van der Waals surface area (Å²) in [5, 5.41) is 0. The van der Waals surface area contributed by atoms with E-state index in [-0.39, 0.29) is 5.92 Å². The molecule has 0 aliphatic carbocycles. The van der Waals surface area contributed by atoms with E-state index < -0.39 is 0 Å². The van der Waals surface area contributed by atoms with Crippen LogP contribution in [0.2, 0.25) is 0 Å². The topological polar surface area (TPSA) is 64.9 Å². The molecule has 0 radical (unpaired) electrons. The average molecular weight is 203 g/mol. The fourth-order valence-corrected chi connectivity index (χ4v) is 1.24. The third-order valence-corrected chi connectivity index (χ3v) is 2.26. The lowest BCUT2D eigenvalue weighted by atomic mass is 10.1. The number of oxazole rings is 1. The normalized spacial score (nSPS) is 12.7. The predicted molar refractivity (Wildman–Crippen MR) is 57.2 cm³/mol. The molecule has 4 heteroatoms. The van der Waals surface area contributed by atoms with Crippen molar-refractivity contribution in [2.75, 3.05) is 6.54 Å². The van der Waals surface area contributed by atoms with Crippen LogP contribution in [0.25, 0.3) is 11.6 Å². The molecule has 2 aromatic rings. The van der Waals surface area contributed by atoms with Gasteiger partial charge in [0.1, 0.15) is 12.0 Å². The Balaban J connectivity index is 2.28. The zero-order valence-electron chi connectivity index (χ0n) is 8.55. The summed E-state index contributed by atoms with van der Waals surface area (Å²) in [5.74, 6) is 0.761. The highest BCUT2D eigenvalue weighted by Gasteiger charge is 2.11. The van der Waals surface area contributed by atoms with Gasteiger partial charge in [0.2, 0.25) is 5.89 Å². The van der Waals surface area contributed by atoms with Gasteiger partial charge in [-0.3, -0.25) is 4.98 Å². The maximum Gasteiger partial charge on any atom is 0.245 e. The monoisotopic (exact) mass is 203 g/mol. The summed E-state index contributed by atoms with van der Waals surface area (Å²) in [4.78, 5) is 8.50. The molecular weight excluding hydrogens is 190 g/mol. The van der Waals surface area contributed by atoms with E-state index in [4.69, 9.17) is 10.2 Å². The lowest BCUT2D eigenvalue weighted by Gasteiger charge is -2.00. The molecular formula is C11H13N3O. The van der Waals surface area contributed by atoms with Crippen molar-refractivity contribution in [2.24, 2.45) is 5.73 Å². The molecule has 0 aliphatic rings. The SMILES string of the molecule is CC(CN)c1coc(-c2ccccn2)n1. The first kappa shape index (κ1) is 9.86. The zero-order chi connectivity index (χ0) is 10.7. The lowest BCUT2D eigenvalue weighted by Crippen LogP contribution is -2.08. The first-order valence-corrected chi connectivity index (χ1v) is 4.88. The third-order valence-electron chi connectivity index (χ3n) is 2.26. The molecule has 0 saturated heterocycles. The van der Waals surface area contributed by atoms with Crippen LogP contribution in [-0.2, 0) is 0 Å². The highest BCUT2D eigenvalue weighted by molar-refractivity contribution is 5.46. The van der Waals surface area contributed by atoms with Gasteiger partial charge in [0.15, 0.2) is 0 Å². The summed E-state index contributed by atoms with van der Waals surface area (Å²) >= 11 is 0. The fraction of sp³-hybridized carbons (Fsp3) is 0.273. The molecule has 0 fully saturated rings. The average Bonchev–Trinajstić information content (AvgIpc) is 2.78. The van der Waals surface area contributed by atoms with Crippen LogP contribution >= 0.6 is 0 Å². The molecule has 1 atom stereocenters. The van der Waals surface area contributed by atoms with Crippen molar-refractivity contribution in [3.05, 3.63) is 36.4 Å². The van der Waals surface area contributed by atoms with E-state index in [0.29, 0.717) is 12.4 Å². The molecule has 2 aromatic heterocycles. The summed E-state index contributed by atoms with van der Waals surface area (Å²) in [6, 6.07) is 5.62. The van der Waals surface area contributed by atoms with Crippen molar-refractivity contribution >= 4 is 0 Å². The summed E-state index contributed by atoms with van der Waals surface area (Å²) in [6.07, 6.45) is 3.35. The second-order valence-electron chi connectivity index (χ2n) is 3.43. The first-order valence-electron chi connectivity index (χ1n) is 4.88. The van der Waals surface area contributed by atoms with Gasteiger partial charge in [-0.15, -0.1) is 0 Å². The van der Waals surface area contributed by atoms with Gasteiger partial charge in [-0.1, -0.05) is 13.0 Å². The number of aromatic nitrogens is 2. The molecule has 2 heterocycles. The number of nitrogens with zero attached hydrogens (tertiary/aromatic N) is 2. The van der Waals surface area contributed by atoms with Crippen molar-refractivity contribution in [3.63, 3.8) is 0 Å². The minimum absolute atomic E-state index is 0.214. The van der Waals surface area contributed by atoms with Crippen molar-refractivity contribution in [3.8, 4) is 11.6 Å². The number of rotatable bonds is 3. The van der Waals surface area contributed by atoms with E-state index in [1.54, 1.807) is 12.5 Å². The van der Waals surface area contributed by atoms with Crippen LogP contribution in [0.5, 0.6) is 0 Å². The molecule has 0 spiro atoms. The van der Waals surface area contributed by atoms with Gasteiger partial charge in [0, 0.05) is 18.7 Å². The second kappa shape index (κ2) is 4.23. The number of pyridine rings is 1. The van der Waals surface area contributed by atoms with Crippen molar-refractivity contribution in [1.82, 2.24) is 9.97 Å². The highest BCUT2D eigenvalue weighted by atomic mass is 16.3. The van der Waals surface area contributed by atoms with Crippen molar-refractivity contribution in [1.29, 1.82) is 0 Å². The minimum Gasteiger partial charge on any atom is -0.443 e. The number of hydrogen-bond acceptors (Lipinski definition) is 4. The maximum absolute atomic E-state index is 5.55. The van der Waals surface area contributed by atoms with Gasteiger partial charge < -0.3 is 10.2 Å². The number of hydrogen-bond donors (Lipinski definition) is 1. The van der Waals surface area contributed by atoms with Crippen LogP contribution in [0, 0.1) is 0 Å². The van der Waals surface area contributed by atoms with Crippen LogP contribution in [0.4, 0.5) is 0 Å². The molecule has 0 aromatic carbocycles. The van der Waals surface area contributed by atoms with Crippen molar-refractivity contribution < 1.29 is 4.42 Å². The fourth-order valence-electron chi connectivity index (χ4n) is 1.24. The van der Waals surface area contributed by atoms with Gasteiger partial charge in [-0.05, 0) is 12.1 Å². The molecule has 0 amide bonds. The highest BCUT2D eigenvalue weighted by Crippen LogP contribution is 2.19. The largest absolute Gasteiger partial charge is 0.443 e. The van der Waals surface area contributed by atoms with Crippen LogP contribution in [-0.4, -0.2) is 16.5 Å². The minimum atomic E-state index is 0.214. The van der Waals surface area contributed by atoms with E-state index in [1.165, 1.54) is 0 Å². The molecule has 15 heavy (non-hydrogen) atoms. The Morgan fingerprint density at radius 3 is 3.00 bits per heavy atom. The summed E-state index contributed by atoms with van der Waals surface area (Å²) in [6.45, 7) is 2.58. The Labute approximate surface area is 88.2 Å². The molecule has 4 nitrogen and oxygen atoms in total. The van der Waals surface area contributed by atoms with Gasteiger partial charge in [0.05, 0.1) is 5.69 Å². The van der Waals surface area contributed by atoms with Gasteiger partial charge >= 0.3 is 0 Å². The van der Waals surface area contributed by atoms with E-state index >= 15 is 0 Å². The van der Waals surface area contributed by atoms with E-state index in [0.717, 1.165) is 11.4 Å². The first-order chi connectivity index (χ1) is 7.31. The Morgan fingerprint density at radius 1 is 1.47 bits per heavy atom. The smallest absolute Gasteiger partial charge is 0.245 e. The van der Waals surface area contributed by atoms with E-state index in [2.05, 4.69) is 9.97 Å². The second-order valence-corrected chi connectivity index (χ2v) is 3.43. The Kier molecular flexibility index (Phi) is 2.78. The molecule has 0 bridgehead atoms. The molecule has 0 saturated carbocycles. The van der Waals surface area contributed by atoms with Crippen LogP contribution in [0.3, 0.4) is 0 Å². The molecule has 0 aliphatic heterocycles. The standard InChI is InChI=1S/C11H13N3O/c1-8(6-12)10-7-15-11(14-10)9-4-2-3-5-13-9/h2-5,7-8H,6,12H2,1H3. The van der Waals surface area contributed by atoms with E-state index in [9.17, 15) is 0 Å². The van der Waals surface area contributed by atoms with Crippen LogP contribution in [0.1, 0.15) is 18.5 Å². The summed E-state index contributed by atoms with van der Waals surface area (Å²) in [5.41, 5.74) is 7.17. The van der Waals surface area contributed by atoms with Gasteiger partial charge in [0.25, 0.3) is 0 Å². The van der Waals surface area contributed by atoms with Crippen molar-refractivity contribution in [2.45, 2.75) is 12.8 Å². The Bertz CT molecular complexity index is 424. The number of nitrogens with two attached hydrogens (primary N) is 1. The Hall–Kier alpha value is -1.68. The quantitative estimate of drug-likeness (QED) is 0.826. The molecule has 2 N–H and O–H groups in total. The zero-order valence-corrected chi connectivity index (χ0v) is 8.55. The molecule has 2 rings (SSSR count). The Morgan fingerprint density at radius 2 is 2.33 bits per heavy atom.